The molecule has 10 nitrogen and oxygen atoms in total. The maximum Gasteiger partial charge on any atom is 0.254 e. The molecule has 35 heavy (non-hydrogen) atoms. The van der Waals surface area contributed by atoms with E-state index in [-0.39, 0.29) is 28.6 Å². The molecule has 1 fully saturated rings. The summed E-state index contributed by atoms with van der Waals surface area (Å²) in [6.45, 7) is 6.60. The third kappa shape index (κ3) is 3.62. The van der Waals surface area contributed by atoms with Crippen LogP contribution in [0.4, 0.5) is 5.82 Å². The van der Waals surface area contributed by atoms with Gasteiger partial charge < -0.3 is 26.4 Å². The minimum absolute atomic E-state index is 0.0485. The van der Waals surface area contributed by atoms with Crippen LogP contribution >= 0.6 is 0 Å². The number of nitrogen functional groups attached to an aromatic ring is 1. The second-order valence-corrected chi connectivity index (χ2v) is 9.03. The van der Waals surface area contributed by atoms with Gasteiger partial charge in [0.25, 0.3) is 11.8 Å². The number of anilines is 1. The molecule has 3 heterocycles. The molecule has 4 aromatic rings. The zero-order chi connectivity index (χ0) is 25.0. The lowest BCUT2D eigenvalue weighted by Crippen LogP contribution is -2.47. The van der Waals surface area contributed by atoms with Gasteiger partial charge in [0.15, 0.2) is 5.65 Å². The van der Waals surface area contributed by atoms with Gasteiger partial charge in [-0.1, -0.05) is 6.07 Å². The van der Waals surface area contributed by atoms with Crippen molar-refractivity contribution in [2.45, 2.75) is 13.8 Å². The van der Waals surface area contributed by atoms with E-state index in [0.717, 1.165) is 18.7 Å². The van der Waals surface area contributed by atoms with Crippen molar-refractivity contribution in [3.63, 3.8) is 0 Å². The average Bonchev–Trinajstić information content (AvgIpc) is 3.11. The minimum atomic E-state index is -0.736. The molecule has 0 saturated carbocycles. The van der Waals surface area contributed by atoms with Crippen LogP contribution in [-0.4, -0.2) is 74.5 Å². The standard InChI is InChI=1S/C25H27N7O3/c1-13-4-7-18(33)14(2)21(13)32-22(26)19(23(27)34)20-24(32)29-16-6-5-15(12-17(16)28-20)25(35)31-10-8-30(3)9-11-31/h4-7,12,33H,8-11,26H2,1-3H3,(H2,27,34). The van der Waals surface area contributed by atoms with Gasteiger partial charge in [-0.25, -0.2) is 9.97 Å². The molecule has 0 atom stereocenters. The molecule has 5 rings (SSSR count). The Morgan fingerprint density at radius 1 is 1.00 bits per heavy atom. The highest BCUT2D eigenvalue weighted by Gasteiger charge is 2.26. The number of carbonyl (C=O) groups is 2. The van der Waals surface area contributed by atoms with E-state index in [2.05, 4.69) is 9.88 Å². The highest BCUT2D eigenvalue weighted by Crippen LogP contribution is 2.35. The lowest BCUT2D eigenvalue weighted by Gasteiger charge is -2.32. The zero-order valence-electron chi connectivity index (χ0n) is 19.9. The van der Waals surface area contributed by atoms with Crippen molar-refractivity contribution in [3.05, 3.63) is 52.6 Å². The van der Waals surface area contributed by atoms with Gasteiger partial charge in [0.2, 0.25) is 0 Å². The van der Waals surface area contributed by atoms with Crippen LogP contribution in [0.2, 0.25) is 0 Å². The third-order valence-electron chi connectivity index (χ3n) is 6.70. The van der Waals surface area contributed by atoms with Gasteiger partial charge in [0.05, 0.1) is 16.7 Å². The summed E-state index contributed by atoms with van der Waals surface area (Å²) in [5.74, 6) is -0.623. The molecule has 1 aliphatic rings. The van der Waals surface area contributed by atoms with Crippen LogP contribution in [-0.2, 0) is 0 Å². The normalized spacial score (nSPS) is 14.7. The van der Waals surface area contributed by atoms with Gasteiger partial charge in [-0.15, -0.1) is 0 Å². The number of phenolic OH excluding ortho intramolecular Hbond substituents is 1. The highest BCUT2D eigenvalue weighted by molar-refractivity contribution is 6.11. The van der Waals surface area contributed by atoms with Crippen molar-refractivity contribution in [1.82, 2.24) is 24.3 Å². The number of primary amides is 1. The van der Waals surface area contributed by atoms with Gasteiger partial charge in [0.1, 0.15) is 22.6 Å². The van der Waals surface area contributed by atoms with Crippen molar-refractivity contribution in [2.75, 3.05) is 39.0 Å². The van der Waals surface area contributed by atoms with E-state index in [0.29, 0.717) is 46.6 Å². The van der Waals surface area contributed by atoms with Gasteiger partial charge >= 0.3 is 0 Å². The summed E-state index contributed by atoms with van der Waals surface area (Å²) in [6, 6.07) is 8.53. The number of aromatic hydroxyl groups is 1. The second-order valence-electron chi connectivity index (χ2n) is 9.03. The lowest BCUT2D eigenvalue weighted by atomic mass is 10.1. The molecule has 0 spiro atoms. The summed E-state index contributed by atoms with van der Waals surface area (Å²) in [5.41, 5.74) is 16.3. The van der Waals surface area contributed by atoms with E-state index in [4.69, 9.17) is 16.5 Å². The number of carbonyl (C=O) groups excluding carboxylic acids is 2. The predicted molar refractivity (Wildman–Crippen MR) is 134 cm³/mol. The van der Waals surface area contributed by atoms with Crippen molar-refractivity contribution in [1.29, 1.82) is 0 Å². The van der Waals surface area contributed by atoms with Crippen LogP contribution < -0.4 is 11.5 Å². The quantitative estimate of drug-likeness (QED) is 0.413. The fourth-order valence-electron chi connectivity index (χ4n) is 4.68. The number of rotatable bonds is 3. The number of hydrogen-bond acceptors (Lipinski definition) is 7. The summed E-state index contributed by atoms with van der Waals surface area (Å²) in [6.07, 6.45) is 0. The van der Waals surface area contributed by atoms with Crippen LogP contribution in [0.5, 0.6) is 5.75 Å². The maximum absolute atomic E-state index is 13.1. The fourth-order valence-corrected chi connectivity index (χ4v) is 4.68. The van der Waals surface area contributed by atoms with Gasteiger partial charge in [-0.05, 0) is 50.7 Å². The SMILES string of the molecule is Cc1ccc(O)c(C)c1-n1c(N)c(C(N)=O)c2nc3cc(C(=O)N4CCN(C)CC4)ccc3nc21. The molecule has 1 aliphatic heterocycles. The fraction of sp³-hybridized carbons (Fsp3) is 0.280. The molecule has 180 valence electrons. The Hall–Kier alpha value is -4.18. The van der Waals surface area contributed by atoms with Crippen molar-refractivity contribution in [2.24, 2.45) is 5.73 Å². The molecule has 1 saturated heterocycles. The van der Waals surface area contributed by atoms with Crippen LogP contribution in [0.15, 0.2) is 30.3 Å². The monoisotopic (exact) mass is 473 g/mol. The molecule has 5 N–H and O–H groups in total. The summed E-state index contributed by atoms with van der Waals surface area (Å²) in [4.78, 5) is 38.9. The number of nitrogens with zero attached hydrogens (tertiary/aromatic N) is 5. The molecule has 2 amide bonds. The first-order chi connectivity index (χ1) is 16.7. The number of fused-ring (bicyclic) bond motifs is 2. The molecule has 0 radical (unpaired) electrons. The van der Waals surface area contributed by atoms with Gasteiger partial charge in [-0.2, -0.15) is 0 Å². The van der Waals surface area contributed by atoms with Crippen LogP contribution in [0.3, 0.4) is 0 Å². The van der Waals surface area contributed by atoms with Crippen molar-refractivity contribution in [3.8, 4) is 11.4 Å². The summed E-state index contributed by atoms with van der Waals surface area (Å²) >= 11 is 0. The van der Waals surface area contributed by atoms with E-state index in [1.807, 2.05) is 18.9 Å². The van der Waals surface area contributed by atoms with Crippen LogP contribution in [0.1, 0.15) is 31.8 Å². The molecular weight excluding hydrogens is 446 g/mol. The Labute approximate surface area is 201 Å². The van der Waals surface area contributed by atoms with E-state index < -0.39 is 5.91 Å². The molecule has 2 aromatic heterocycles. The first kappa shape index (κ1) is 22.6. The summed E-state index contributed by atoms with van der Waals surface area (Å²) in [5, 5.41) is 10.3. The predicted octanol–water partition coefficient (Wildman–Crippen LogP) is 1.96. The van der Waals surface area contributed by atoms with Gasteiger partial charge in [0, 0.05) is 37.3 Å². The number of aryl methyl sites for hydroxylation is 1. The summed E-state index contributed by atoms with van der Waals surface area (Å²) in [7, 11) is 2.03. The van der Waals surface area contributed by atoms with E-state index in [9.17, 15) is 14.7 Å². The first-order valence-electron chi connectivity index (χ1n) is 11.4. The van der Waals surface area contributed by atoms with E-state index in [1.165, 1.54) is 0 Å². The molecule has 0 aliphatic carbocycles. The highest BCUT2D eigenvalue weighted by atomic mass is 16.3. The Balaban J connectivity index is 1.70. The Morgan fingerprint density at radius 3 is 2.40 bits per heavy atom. The second kappa shape index (κ2) is 8.24. The Kier molecular flexibility index (Phi) is 5.32. The number of benzene rings is 2. The van der Waals surface area contributed by atoms with Crippen molar-refractivity contribution >= 4 is 39.8 Å². The molecule has 0 unspecified atom stereocenters. The number of likely N-dealkylation sites (N-methyl/N-ethyl adjacent to an activating group) is 1. The zero-order valence-corrected chi connectivity index (χ0v) is 19.9. The smallest absolute Gasteiger partial charge is 0.254 e. The van der Waals surface area contributed by atoms with E-state index >= 15 is 0 Å². The average molecular weight is 474 g/mol. The van der Waals surface area contributed by atoms with Gasteiger partial charge in [-0.3, -0.25) is 14.2 Å². The Morgan fingerprint density at radius 2 is 1.71 bits per heavy atom. The van der Waals surface area contributed by atoms with Crippen LogP contribution in [0, 0.1) is 13.8 Å². The number of amides is 2. The lowest BCUT2D eigenvalue weighted by molar-refractivity contribution is 0.0664. The molecule has 10 heteroatoms. The largest absolute Gasteiger partial charge is 0.508 e. The Bertz CT molecular complexity index is 1520. The first-order valence-corrected chi connectivity index (χ1v) is 11.4. The minimum Gasteiger partial charge on any atom is -0.508 e. The molecule has 2 aromatic carbocycles. The number of piperazine rings is 1. The van der Waals surface area contributed by atoms with Crippen molar-refractivity contribution < 1.29 is 14.7 Å². The molecular formula is C25H27N7O3. The summed E-state index contributed by atoms with van der Waals surface area (Å²) < 4.78 is 1.61. The number of nitrogens with two attached hydrogens (primary N) is 2. The molecule has 0 bridgehead atoms. The number of hydrogen-bond donors (Lipinski definition) is 3. The number of phenols is 1. The third-order valence-corrected chi connectivity index (χ3v) is 6.70. The number of aromatic nitrogens is 3. The van der Waals surface area contributed by atoms with Crippen LogP contribution in [0.25, 0.3) is 27.9 Å². The maximum atomic E-state index is 13.1. The topological polar surface area (TPSA) is 144 Å². The van der Waals surface area contributed by atoms with E-state index in [1.54, 1.807) is 41.8 Å².